The summed E-state index contributed by atoms with van der Waals surface area (Å²) in [5, 5.41) is 10.8. The van der Waals surface area contributed by atoms with Crippen molar-refractivity contribution in [2.75, 3.05) is 10.6 Å². The summed E-state index contributed by atoms with van der Waals surface area (Å²) >= 11 is 0. The Bertz CT molecular complexity index is 1140. The first kappa shape index (κ1) is 15.6. The monoisotopic (exact) mass is 355 g/mol. The van der Waals surface area contributed by atoms with E-state index in [1.165, 1.54) is 0 Å². The van der Waals surface area contributed by atoms with E-state index in [1.54, 1.807) is 10.7 Å². The van der Waals surface area contributed by atoms with Crippen LogP contribution in [0.25, 0.3) is 16.9 Å². The number of nitrogens with one attached hydrogen (secondary N) is 2. The lowest BCUT2D eigenvalue weighted by atomic mass is 9.97. The first-order valence-corrected chi connectivity index (χ1v) is 8.83. The summed E-state index contributed by atoms with van der Waals surface area (Å²) in [6.45, 7) is 0. The van der Waals surface area contributed by atoms with Gasteiger partial charge < -0.3 is 10.6 Å². The molecule has 2 aromatic carbocycles. The molecule has 132 valence electrons. The van der Waals surface area contributed by atoms with E-state index < -0.39 is 0 Å². The van der Waals surface area contributed by atoms with Crippen LogP contribution in [0.4, 0.5) is 11.5 Å². The minimum Gasteiger partial charge on any atom is -0.362 e. The zero-order valence-electron chi connectivity index (χ0n) is 14.5. The van der Waals surface area contributed by atoms with Crippen LogP contribution in [0, 0.1) is 0 Å². The highest BCUT2D eigenvalue weighted by atomic mass is 16.1. The minimum atomic E-state index is -0.131. The second-order valence-corrected chi connectivity index (χ2v) is 6.53. The van der Waals surface area contributed by atoms with Crippen molar-refractivity contribution in [1.82, 2.24) is 14.6 Å². The zero-order chi connectivity index (χ0) is 18.2. The van der Waals surface area contributed by atoms with E-state index in [0.29, 0.717) is 6.42 Å². The molecule has 0 aliphatic carbocycles. The summed E-state index contributed by atoms with van der Waals surface area (Å²) in [4.78, 5) is 16.8. The number of benzene rings is 2. The topological polar surface area (TPSA) is 71.3 Å². The lowest BCUT2D eigenvalue weighted by Gasteiger charge is -2.27. The fraction of sp³-hybridized carbons (Fsp3) is 0.0952. The predicted molar refractivity (Wildman–Crippen MR) is 104 cm³/mol. The predicted octanol–water partition coefficient (Wildman–Crippen LogP) is 3.89. The molecule has 0 spiro atoms. The van der Waals surface area contributed by atoms with Crippen LogP contribution in [-0.4, -0.2) is 20.5 Å². The molecule has 0 radical (unpaired) electrons. The van der Waals surface area contributed by atoms with Crippen molar-refractivity contribution >= 4 is 23.1 Å². The average Bonchev–Trinajstić information content (AvgIpc) is 3.17. The molecule has 3 heterocycles. The average molecular weight is 355 g/mol. The molecule has 2 aromatic heterocycles. The number of amides is 1. The number of hydrogen-bond acceptors (Lipinski definition) is 4. The third-order valence-electron chi connectivity index (χ3n) is 4.75. The molecule has 1 atom stereocenters. The van der Waals surface area contributed by atoms with E-state index in [9.17, 15) is 4.79 Å². The third-order valence-corrected chi connectivity index (χ3v) is 4.75. The van der Waals surface area contributed by atoms with Crippen molar-refractivity contribution in [1.29, 1.82) is 0 Å². The number of para-hydroxylation sites is 1. The zero-order valence-corrected chi connectivity index (χ0v) is 14.5. The number of hydrogen-bond donors (Lipinski definition) is 2. The molecule has 4 aromatic rings. The van der Waals surface area contributed by atoms with Gasteiger partial charge in [-0.1, -0.05) is 48.5 Å². The highest BCUT2D eigenvalue weighted by molar-refractivity contribution is 5.95. The Morgan fingerprint density at radius 2 is 1.85 bits per heavy atom. The Kier molecular flexibility index (Phi) is 3.60. The Hall–Kier alpha value is -3.67. The molecule has 2 N–H and O–H groups in total. The van der Waals surface area contributed by atoms with E-state index in [4.69, 9.17) is 4.98 Å². The molecule has 1 unspecified atom stereocenters. The first-order chi connectivity index (χ1) is 13.3. The highest BCUT2D eigenvalue weighted by Crippen LogP contribution is 2.33. The highest BCUT2D eigenvalue weighted by Gasteiger charge is 2.25. The maximum Gasteiger partial charge on any atom is 0.226 e. The molecular weight excluding hydrogens is 338 g/mol. The molecule has 1 aliphatic rings. The van der Waals surface area contributed by atoms with Gasteiger partial charge in [0.15, 0.2) is 5.65 Å². The smallest absolute Gasteiger partial charge is 0.226 e. The number of carbonyl (C=O) groups excluding carboxylic acids is 1. The van der Waals surface area contributed by atoms with E-state index in [1.807, 2.05) is 66.7 Å². The Balaban J connectivity index is 1.59. The first-order valence-electron chi connectivity index (χ1n) is 8.83. The maximum absolute atomic E-state index is 12.1. The summed E-state index contributed by atoms with van der Waals surface area (Å²) in [7, 11) is 0. The quantitative estimate of drug-likeness (QED) is 0.585. The lowest BCUT2D eigenvalue weighted by molar-refractivity contribution is -0.116. The van der Waals surface area contributed by atoms with E-state index in [-0.39, 0.29) is 11.9 Å². The summed E-state index contributed by atoms with van der Waals surface area (Å²) in [6.07, 6.45) is 2.09. The van der Waals surface area contributed by atoms with Crippen LogP contribution >= 0.6 is 0 Å². The van der Waals surface area contributed by atoms with Gasteiger partial charge in [-0.15, -0.1) is 0 Å². The number of aromatic nitrogens is 3. The van der Waals surface area contributed by atoms with Crippen LogP contribution in [0.3, 0.4) is 0 Å². The van der Waals surface area contributed by atoms with Crippen molar-refractivity contribution < 1.29 is 4.79 Å². The number of nitrogens with zero attached hydrogens (tertiary/aromatic N) is 3. The number of rotatable bonds is 3. The molecule has 0 saturated carbocycles. The minimum absolute atomic E-state index is 0.000230. The second-order valence-electron chi connectivity index (χ2n) is 6.53. The standard InChI is InChI=1S/C21H17N5O/c27-21-13-18(15-8-4-5-9-16(15)25-21)24-20-12-17(14-6-2-1-3-7-14)23-19-10-11-22-26(19)20/h1-12,18,24H,13H2,(H,25,27). The van der Waals surface area contributed by atoms with E-state index >= 15 is 0 Å². The fourth-order valence-corrected chi connectivity index (χ4v) is 3.49. The summed E-state index contributed by atoms with van der Waals surface area (Å²) in [5.41, 5.74) is 4.56. The Labute approximate surface area is 155 Å². The van der Waals surface area contributed by atoms with Crippen molar-refractivity contribution in [2.24, 2.45) is 0 Å². The molecule has 1 aliphatic heterocycles. The number of carbonyl (C=O) groups is 1. The fourth-order valence-electron chi connectivity index (χ4n) is 3.49. The molecule has 1 amide bonds. The Morgan fingerprint density at radius 3 is 2.74 bits per heavy atom. The van der Waals surface area contributed by atoms with Crippen molar-refractivity contribution in [3.05, 3.63) is 78.5 Å². The van der Waals surface area contributed by atoms with Crippen LogP contribution in [0.15, 0.2) is 72.9 Å². The van der Waals surface area contributed by atoms with Crippen LogP contribution in [-0.2, 0) is 4.79 Å². The van der Waals surface area contributed by atoms with Gasteiger partial charge in [0.2, 0.25) is 5.91 Å². The normalized spacial score (nSPS) is 16.0. The van der Waals surface area contributed by atoms with Crippen LogP contribution < -0.4 is 10.6 Å². The molecule has 0 saturated heterocycles. The largest absolute Gasteiger partial charge is 0.362 e. The van der Waals surface area contributed by atoms with Gasteiger partial charge in [0.1, 0.15) is 5.82 Å². The Morgan fingerprint density at radius 1 is 1.04 bits per heavy atom. The molecule has 0 bridgehead atoms. The maximum atomic E-state index is 12.1. The van der Waals surface area contributed by atoms with Gasteiger partial charge >= 0.3 is 0 Å². The van der Waals surface area contributed by atoms with Gasteiger partial charge in [0.25, 0.3) is 0 Å². The molecule has 27 heavy (non-hydrogen) atoms. The second kappa shape index (κ2) is 6.25. The molecule has 5 rings (SSSR count). The molecule has 6 heteroatoms. The van der Waals surface area contributed by atoms with Gasteiger partial charge in [-0.25, -0.2) is 4.98 Å². The molecular formula is C21H17N5O. The van der Waals surface area contributed by atoms with Crippen LogP contribution in [0.5, 0.6) is 0 Å². The van der Waals surface area contributed by atoms with Gasteiger partial charge in [-0.05, 0) is 11.6 Å². The van der Waals surface area contributed by atoms with Gasteiger partial charge in [-0.3, -0.25) is 4.79 Å². The van der Waals surface area contributed by atoms with Gasteiger partial charge in [-0.2, -0.15) is 9.61 Å². The SMILES string of the molecule is O=C1CC(Nc2cc(-c3ccccc3)nc3ccnn23)c2ccccc2N1. The van der Waals surface area contributed by atoms with Gasteiger partial charge in [0, 0.05) is 23.4 Å². The van der Waals surface area contributed by atoms with Crippen LogP contribution in [0.2, 0.25) is 0 Å². The number of fused-ring (bicyclic) bond motifs is 2. The number of anilines is 2. The van der Waals surface area contributed by atoms with E-state index in [0.717, 1.165) is 34.0 Å². The summed E-state index contributed by atoms with van der Waals surface area (Å²) in [5.74, 6) is 0.804. The van der Waals surface area contributed by atoms with Gasteiger partial charge in [0.05, 0.1) is 24.4 Å². The third kappa shape index (κ3) is 2.81. The van der Waals surface area contributed by atoms with Crippen molar-refractivity contribution in [3.8, 4) is 11.3 Å². The lowest BCUT2D eigenvalue weighted by Crippen LogP contribution is -2.27. The van der Waals surface area contributed by atoms with E-state index in [2.05, 4.69) is 15.7 Å². The van der Waals surface area contributed by atoms with Crippen LogP contribution in [0.1, 0.15) is 18.0 Å². The molecule has 6 nitrogen and oxygen atoms in total. The summed E-state index contributed by atoms with van der Waals surface area (Å²) < 4.78 is 1.77. The van der Waals surface area contributed by atoms with Crippen molar-refractivity contribution in [2.45, 2.75) is 12.5 Å². The molecule has 0 fully saturated rings. The summed E-state index contributed by atoms with van der Waals surface area (Å²) in [6, 6.07) is 21.6. The van der Waals surface area contributed by atoms with Crippen molar-refractivity contribution in [3.63, 3.8) is 0 Å².